The summed E-state index contributed by atoms with van der Waals surface area (Å²) in [5.41, 5.74) is 2.20. The Morgan fingerprint density at radius 3 is 2.84 bits per heavy atom. The first-order valence-electron chi connectivity index (χ1n) is 6.94. The number of aromatic nitrogens is 2. The lowest BCUT2D eigenvalue weighted by Crippen LogP contribution is -2.43. The molecule has 2 unspecified atom stereocenters. The van der Waals surface area contributed by atoms with Gasteiger partial charge in [0.25, 0.3) is 0 Å². The summed E-state index contributed by atoms with van der Waals surface area (Å²) in [4.78, 5) is 4.73. The lowest BCUT2D eigenvalue weighted by molar-refractivity contribution is -0.0649. The number of benzene rings is 1. The number of nitrogens with one attached hydrogen (secondary N) is 1. The van der Waals surface area contributed by atoms with Gasteiger partial charge in [0.15, 0.2) is 0 Å². The maximum atomic E-state index is 6.20. The standard InChI is InChI=1S/C15H21N3O/c1-10(2)13-8-16-9-14(19-13)15-17-11-6-4-5-7-12(11)18(15)3/h4-7,10,13-14,16H,8-9H2,1-3H3. The molecule has 2 aromatic rings. The number of morpholine rings is 1. The molecular weight excluding hydrogens is 238 g/mol. The lowest BCUT2D eigenvalue weighted by atomic mass is 10.1. The third kappa shape index (κ3) is 2.26. The van der Waals surface area contributed by atoms with E-state index in [4.69, 9.17) is 9.72 Å². The van der Waals surface area contributed by atoms with Crippen LogP contribution in [-0.4, -0.2) is 28.7 Å². The molecule has 1 saturated heterocycles. The van der Waals surface area contributed by atoms with Crippen molar-refractivity contribution < 1.29 is 4.74 Å². The number of hydrogen-bond acceptors (Lipinski definition) is 3. The minimum Gasteiger partial charge on any atom is -0.364 e. The minimum atomic E-state index is 0.0403. The first kappa shape index (κ1) is 12.6. The zero-order valence-electron chi connectivity index (χ0n) is 11.8. The predicted molar refractivity (Wildman–Crippen MR) is 76.0 cm³/mol. The zero-order valence-corrected chi connectivity index (χ0v) is 11.8. The molecule has 0 spiro atoms. The Morgan fingerprint density at radius 1 is 1.32 bits per heavy atom. The van der Waals surface area contributed by atoms with Crippen LogP contribution in [0.25, 0.3) is 11.0 Å². The number of fused-ring (bicyclic) bond motifs is 1. The highest BCUT2D eigenvalue weighted by molar-refractivity contribution is 5.75. The summed E-state index contributed by atoms with van der Waals surface area (Å²) in [7, 11) is 2.06. The molecule has 0 bridgehead atoms. The van der Waals surface area contributed by atoms with Gasteiger partial charge in [-0.2, -0.15) is 0 Å². The third-order valence-electron chi connectivity index (χ3n) is 3.87. The van der Waals surface area contributed by atoms with Crippen molar-refractivity contribution in [1.82, 2.24) is 14.9 Å². The quantitative estimate of drug-likeness (QED) is 0.899. The Morgan fingerprint density at radius 2 is 2.11 bits per heavy atom. The van der Waals surface area contributed by atoms with Crippen molar-refractivity contribution in [3.8, 4) is 0 Å². The van der Waals surface area contributed by atoms with Crippen molar-refractivity contribution in [2.45, 2.75) is 26.1 Å². The van der Waals surface area contributed by atoms with E-state index in [0.29, 0.717) is 5.92 Å². The maximum absolute atomic E-state index is 6.20. The second-order valence-corrected chi connectivity index (χ2v) is 5.58. The van der Waals surface area contributed by atoms with Crippen LogP contribution in [0, 0.1) is 5.92 Å². The van der Waals surface area contributed by atoms with Gasteiger partial charge in [-0.1, -0.05) is 26.0 Å². The van der Waals surface area contributed by atoms with Crippen molar-refractivity contribution in [2.24, 2.45) is 13.0 Å². The van der Waals surface area contributed by atoms with Gasteiger partial charge in [0.1, 0.15) is 11.9 Å². The van der Waals surface area contributed by atoms with Gasteiger partial charge in [0.05, 0.1) is 17.1 Å². The number of ether oxygens (including phenoxy) is 1. The van der Waals surface area contributed by atoms with Crippen molar-refractivity contribution >= 4 is 11.0 Å². The summed E-state index contributed by atoms with van der Waals surface area (Å²) in [6, 6.07) is 8.22. The van der Waals surface area contributed by atoms with E-state index < -0.39 is 0 Å². The van der Waals surface area contributed by atoms with Crippen LogP contribution in [0.3, 0.4) is 0 Å². The second-order valence-electron chi connectivity index (χ2n) is 5.58. The molecule has 1 aliphatic rings. The minimum absolute atomic E-state index is 0.0403. The van der Waals surface area contributed by atoms with E-state index in [9.17, 15) is 0 Å². The lowest BCUT2D eigenvalue weighted by Gasteiger charge is -2.32. The average molecular weight is 259 g/mol. The number of imidazole rings is 1. The van der Waals surface area contributed by atoms with E-state index in [-0.39, 0.29) is 12.2 Å². The average Bonchev–Trinajstić information content (AvgIpc) is 2.77. The number of hydrogen-bond donors (Lipinski definition) is 1. The molecule has 0 radical (unpaired) electrons. The van der Waals surface area contributed by atoms with E-state index in [0.717, 1.165) is 29.9 Å². The van der Waals surface area contributed by atoms with Gasteiger partial charge in [0, 0.05) is 20.1 Å². The van der Waals surface area contributed by atoms with Gasteiger partial charge < -0.3 is 14.6 Å². The molecule has 19 heavy (non-hydrogen) atoms. The van der Waals surface area contributed by atoms with E-state index >= 15 is 0 Å². The van der Waals surface area contributed by atoms with Crippen LogP contribution in [0.2, 0.25) is 0 Å². The van der Waals surface area contributed by atoms with E-state index in [1.165, 1.54) is 0 Å². The Labute approximate surface area is 113 Å². The third-order valence-corrected chi connectivity index (χ3v) is 3.87. The molecule has 102 valence electrons. The van der Waals surface area contributed by atoms with Crippen LogP contribution < -0.4 is 5.32 Å². The molecule has 1 aromatic carbocycles. The van der Waals surface area contributed by atoms with Crippen LogP contribution in [-0.2, 0) is 11.8 Å². The second kappa shape index (κ2) is 4.94. The van der Waals surface area contributed by atoms with E-state index in [1.54, 1.807) is 0 Å². The topological polar surface area (TPSA) is 39.1 Å². The van der Waals surface area contributed by atoms with Gasteiger partial charge in [-0.05, 0) is 18.1 Å². The Hall–Kier alpha value is -1.39. The SMILES string of the molecule is CC(C)C1CNCC(c2nc3ccccc3n2C)O1. The Bertz CT molecular complexity index is 576. The number of nitrogens with zero attached hydrogens (tertiary/aromatic N) is 2. The number of aryl methyl sites for hydroxylation is 1. The first-order valence-corrected chi connectivity index (χ1v) is 6.94. The zero-order chi connectivity index (χ0) is 13.4. The van der Waals surface area contributed by atoms with Crippen LogP contribution in [0.15, 0.2) is 24.3 Å². The fourth-order valence-electron chi connectivity index (χ4n) is 2.66. The molecule has 2 heterocycles. The molecule has 4 heteroatoms. The maximum Gasteiger partial charge on any atom is 0.140 e. The molecule has 4 nitrogen and oxygen atoms in total. The smallest absolute Gasteiger partial charge is 0.140 e. The number of para-hydroxylation sites is 2. The molecule has 0 aliphatic carbocycles. The first-order chi connectivity index (χ1) is 9.16. The van der Waals surface area contributed by atoms with Crippen LogP contribution in [0.4, 0.5) is 0 Å². The normalized spacial score (nSPS) is 24.2. The monoisotopic (exact) mass is 259 g/mol. The summed E-state index contributed by atoms with van der Waals surface area (Å²) in [5.74, 6) is 1.53. The van der Waals surface area contributed by atoms with Gasteiger partial charge >= 0.3 is 0 Å². The van der Waals surface area contributed by atoms with Crippen LogP contribution in [0.1, 0.15) is 25.8 Å². The summed E-state index contributed by atoms with van der Waals surface area (Å²) < 4.78 is 8.34. The number of rotatable bonds is 2. The fraction of sp³-hybridized carbons (Fsp3) is 0.533. The van der Waals surface area contributed by atoms with Crippen LogP contribution >= 0.6 is 0 Å². The Kier molecular flexibility index (Phi) is 3.29. The van der Waals surface area contributed by atoms with Crippen molar-refractivity contribution in [3.63, 3.8) is 0 Å². The summed E-state index contributed by atoms with van der Waals surface area (Å²) in [6.07, 6.45) is 0.303. The molecule has 1 aliphatic heterocycles. The van der Waals surface area contributed by atoms with E-state index in [1.807, 2.05) is 12.1 Å². The van der Waals surface area contributed by atoms with Gasteiger partial charge in [-0.25, -0.2) is 4.98 Å². The summed E-state index contributed by atoms with van der Waals surface area (Å²) in [6.45, 7) is 6.16. The summed E-state index contributed by atoms with van der Waals surface area (Å²) in [5, 5.41) is 3.46. The van der Waals surface area contributed by atoms with Gasteiger partial charge in [-0.3, -0.25) is 0 Å². The molecule has 2 atom stereocenters. The van der Waals surface area contributed by atoms with Crippen molar-refractivity contribution in [3.05, 3.63) is 30.1 Å². The highest BCUT2D eigenvalue weighted by atomic mass is 16.5. The van der Waals surface area contributed by atoms with Crippen molar-refractivity contribution in [1.29, 1.82) is 0 Å². The Balaban J connectivity index is 1.93. The molecule has 3 rings (SSSR count). The molecular formula is C15H21N3O. The molecule has 0 amide bonds. The summed E-state index contributed by atoms with van der Waals surface area (Å²) >= 11 is 0. The molecule has 1 fully saturated rings. The molecule has 1 N–H and O–H groups in total. The predicted octanol–water partition coefficient (Wildman–Crippen LogP) is 2.26. The van der Waals surface area contributed by atoms with Gasteiger partial charge in [0.2, 0.25) is 0 Å². The largest absolute Gasteiger partial charge is 0.364 e. The molecule has 1 aromatic heterocycles. The van der Waals surface area contributed by atoms with E-state index in [2.05, 4.69) is 42.9 Å². The highest BCUT2D eigenvalue weighted by Gasteiger charge is 2.28. The fourth-order valence-corrected chi connectivity index (χ4v) is 2.66. The van der Waals surface area contributed by atoms with Crippen molar-refractivity contribution in [2.75, 3.05) is 13.1 Å². The van der Waals surface area contributed by atoms with Gasteiger partial charge in [-0.15, -0.1) is 0 Å². The van der Waals surface area contributed by atoms with Crippen LogP contribution in [0.5, 0.6) is 0 Å². The highest BCUT2D eigenvalue weighted by Crippen LogP contribution is 2.26. The molecule has 0 saturated carbocycles.